The highest BCUT2D eigenvalue weighted by molar-refractivity contribution is 6.30. The van der Waals surface area contributed by atoms with Crippen molar-refractivity contribution in [1.82, 2.24) is 0 Å². The van der Waals surface area contributed by atoms with E-state index in [9.17, 15) is 4.79 Å². The molecule has 3 aromatic rings. The van der Waals surface area contributed by atoms with Gasteiger partial charge in [0.05, 0.1) is 0 Å². The SMILES string of the molecule is O=c1oc2cc(OCc3ccc(Cl)cc3)ccc2c2c1CCC2. The maximum absolute atomic E-state index is 12.0. The summed E-state index contributed by atoms with van der Waals surface area (Å²) in [5.74, 6) is 0.688. The van der Waals surface area contributed by atoms with Crippen molar-refractivity contribution < 1.29 is 9.15 Å². The summed E-state index contributed by atoms with van der Waals surface area (Å²) >= 11 is 5.87. The summed E-state index contributed by atoms with van der Waals surface area (Å²) < 4.78 is 11.3. The number of ether oxygens (including phenoxy) is 1. The molecular weight excluding hydrogens is 312 g/mol. The lowest BCUT2D eigenvalue weighted by Crippen LogP contribution is -2.06. The standard InChI is InChI=1S/C19H15ClO3/c20-13-6-4-12(5-7-13)11-22-14-8-9-16-15-2-1-3-17(15)19(21)23-18(16)10-14/h4-10H,1-3,11H2. The van der Waals surface area contributed by atoms with Crippen LogP contribution in [-0.4, -0.2) is 0 Å². The zero-order valence-electron chi connectivity index (χ0n) is 12.5. The Hall–Kier alpha value is -2.26. The minimum Gasteiger partial charge on any atom is -0.489 e. The van der Waals surface area contributed by atoms with Gasteiger partial charge >= 0.3 is 5.63 Å². The zero-order chi connectivity index (χ0) is 15.8. The van der Waals surface area contributed by atoms with Gasteiger partial charge in [0.15, 0.2) is 0 Å². The monoisotopic (exact) mass is 326 g/mol. The molecule has 1 aliphatic carbocycles. The van der Waals surface area contributed by atoms with Crippen molar-refractivity contribution in [2.24, 2.45) is 0 Å². The van der Waals surface area contributed by atoms with Gasteiger partial charge in [-0.1, -0.05) is 23.7 Å². The highest BCUT2D eigenvalue weighted by Crippen LogP contribution is 2.29. The highest BCUT2D eigenvalue weighted by Gasteiger charge is 2.19. The molecule has 0 aliphatic heterocycles. The lowest BCUT2D eigenvalue weighted by atomic mass is 10.1. The van der Waals surface area contributed by atoms with Crippen LogP contribution in [0.2, 0.25) is 5.02 Å². The molecule has 116 valence electrons. The number of benzene rings is 2. The van der Waals surface area contributed by atoms with Gasteiger partial charge in [-0.15, -0.1) is 0 Å². The third-order valence-electron chi connectivity index (χ3n) is 4.26. The molecular formula is C19H15ClO3. The van der Waals surface area contributed by atoms with Crippen molar-refractivity contribution in [1.29, 1.82) is 0 Å². The normalized spacial score (nSPS) is 13.3. The molecule has 0 atom stereocenters. The minimum absolute atomic E-state index is 0.208. The van der Waals surface area contributed by atoms with Crippen molar-refractivity contribution >= 4 is 22.6 Å². The van der Waals surface area contributed by atoms with E-state index in [-0.39, 0.29) is 5.63 Å². The number of hydrogen-bond acceptors (Lipinski definition) is 3. The predicted octanol–water partition coefficient (Wildman–Crippen LogP) is 4.51. The van der Waals surface area contributed by atoms with E-state index < -0.39 is 0 Å². The zero-order valence-corrected chi connectivity index (χ0v) is 13.2. The lowest BCUT2D eigenvalue weighted by molar-refractivity contribution is 0.306. The Morgan fingerprint density at radius 3 is 2.65 bits per heavy atom. The Labute approximate surface area is 138 Å². The van der Waals surface area contributed by atoms with Crippen LogP contribution in [0.3, 0.4) is 0 Å². The van der Waals surface area contributed by atoms with E-state index in [4.69, 9.17) is 20.8 Å². The van der Waals surface area contributed by atoms with Crippen LogP contribution in [0.5, 0.6) is 5.75 Å². The third kappa shape index (κ3) is 2.73. The first kappa shape index (κ1) is 14.3. The van der Waals surface area contributed by atoms with E-state index in [1.165, 1.54) is 0 Å². The Kier molecular flexibility index (Phi) is 3.58. The average molecular weight is 327 g/mol. The largest absolute Gasteiger partial charge is 0.489 e. The lowest BCUT2D eigenvalue weighted by Gasteiger charge is -2.09. The molecule has 0 radical (unpaired) electrons. The van der Waals surface area contributed by atoms with Crippen LogP contribution in [0, 0.1) is 0 Å². The van der Waals surface area contributed by atoms with Gasteiger partial charge < -0.3 is 9.15 Å². The quantitative estimate of drug-likeness (QED) is 0.665. The maximum Gasteiger partial charge on any atom is 0.339 e. The number of halogens is 1. The summed E-state index contributed by atoms with van der Waals surface area (Å²) in [6, 6.07) is 13.2. The van der Waals surface area contributed by atoms with E-state index >= 15 is 0 Å². The van der Waals surface area contributed by atoms with Gasteiger partial charge in [0.2, 0.25) is 0 Å². The summed E-state index contributed by atoms with van der Waals surface area (Å²) in [6.07, 6.45) is 2.79. The summed E-state index contributed by atoms with van der Waals surface area (Å²) in [5.41, 5.74) is 3.40. The molecule has 2 aromatic carbocycles. The van der Waals surface area contributed by atoms with Crippen LogP contribution in [-0.2, 0) is 19.4 Å². The number of aryl methyl sites for hydroxylation is 1. The summed E-state index contributed by atoms with van der Waals surface area (Å²) in [7, 11) is 0. The highest BCUT2D eigenvalue weighted by atomic mass is 35.5. The second-order valence-electron chi connectivity index (χ2n) is 5.77. The van der Waals surface area contributed by atoms with Crippen molar-refractivity contribution in [2.45, 2.75) is 25.9 Å². The first-order valence-corrected chi connectivity index (χ1v) is 8.04. The molecule has 0 N–H and O–H groups in total. The molecule has 1 heterocycles. The van der Waals surface area contributed by atoms with Crippen LogP contribution in [0.15, 0.2) is 51.7 Å². The van der Waals surface area contributed by atoms with Gasteiger partial charge in [-0.3, -0.25) is 0 Å². The molecule has 4 rings (SSSR count). The van der Waals surface area contributed by atoms with Crippen LogP contribution >= 0.6 is 11.6 Å². The Morgan fingerprint density at radius 2 is 1.83 bits per heavy atom. The molecule has 0 saturated heterocycles. The summed E-state index contributed by atoms with van der Waals surface area (Å²) in [6.45, 7) is 0.442. The topological polar surface area (TPSA) is 39.4 Å². The smallest absolute Gasteiger partial charge is 0.339 e. The first-order valence-electron chi connectivity index (χ1n) is 7.66. The van der Waals surface area contributed by atoms with Crippen LogP contribution in [0.25, 0.3) is 11.0 Å². The molecule has 0 amide bonds. The first-order chi connectivity index (χ1) is 11.2. The van der Waals surface area contributed by atoms with E-state index in [2.05, 4.69) is 0 Å². The van der Waals surface area contributed by atoms with E-state index in [1.54, 1.807) is 6.07 Å². The minimum atomic E-state index is -0.208. The predicted molar refractivity (Wildman–Crippen MR) is 90.3 cm³/mol. The second kappa shape index (κ2) is 5.74. The van der Waals surface area contributed by atoms with E-state index in [0.29, 0.717) is 23.0 Å². The van der Waals surface area contributed by atoms with E-state index in [0.717, 1.165) is 41.3 Å². The molecule has 1 aromatic heterocycles. The molecule has 0 fully saturated rings. The fourth-order valence-electron chi connectivity index (χ4n) is 3.10. The Balaban J connectivity index is 1.63. The average Bonchev–Trinajstić information content (AvgIpc) is 3.05. The van der Waals surface area contributed by atoms with Gasteiger partial charge in [-0.05, 0) is 54.7 Å². The van der Waals surface area contributed by atoms with Gasteiger partial charge in [-0.2, -0.15) is 0 Å². The van der Waals surface area contributed by atoms with Gasteiger partial charge in [0.1, 0.15) is 17.9 Å². The van der Waals surface area contributed by atoms with Crippen LogP contribution in [0.1, 0.15) is 23.1 Å². The second-order valence-corrected chi connectivity index (χ2v) is 6.21. The molecule has 0 bridgehead atoms. The number of rotatable bonds is 3. The van der Waals surface area contributed by atoms with Crippen LogP contribution in [0.4, 0.5) is 0 Å². The fraction of sp³-hybridized carbons (Fsp3) is 0.211. The van der Waals surface area contributed by atoms with Crippen molar-refractivity contribution in [2.75, 3.05) is 0 Å². The van der Waals surface area contributed by atoms with Crippen LogP contribution < -0.4 is 10.4 Å². The van der Waals surface area contributed by atoms with Gasteiger partial charge in [0.25, 0.3) is 0 Å². The number of fused-ring (bicyclic) bond motifs is 3. The molecule has 0 saturated carbocycles. The Morgan fingerprint density at radius 1 is 1.04 bits per heavy atom. The Bertz CT molecular complexity index is 926. The third-order valence-corrected chi connectivity index (χ3v) is 4.52. The molecule has 4 heteroatoms. The van der Waals surface area contributed by atoms with Crippen molar-refractivity contribution in [3.05, 3.63) is 74.6 Å². The summed E-state index contributed by atoms with van der Waals surface area (Å²) in [4.78, 5) is 12.0. The number of hydrogen-bond donors (Lipinski definition) is 0. The molecule has 1 aliphatic rings. The maximum atomic E-state index is 12.0. The fourth-order valence-corrected chi connectivity index (χ4v) is 3.23. The molecule has 0 spiro atoms. The molecule has 0 unspecified atom stereocenters. The molecule has 23 heavy (non-hydrogen) atoms. The van der Waals surface area contributed by atoms with Gasteiger partial charge in [-0.25, -0.2) is 4.79 Å². The van der Waals surface area contributed by atoms with Crippen molar-refractivity contribution in [3.8, 4) is 5.75 Å². The van der Waals surface area contributed by atoms with Gasteiger partial charge in [0, 0.05) is 22.0 Å². The van der Waals surface area contributed by atoms with Crippen molar-refractivity contribution in [3.63, 3.8) is 0 Å². The van der Waals surface area contributed by atoms with E-state index in [1.807, 2.05) is 36.4 Å². The molecule has 3 nitrogen and oxygen atoms in total. The summed E-state index contributed by atoms with van der Waals surface area (Å²) in [5, 5.41) is 1.73.